The van der Waals surface area contributed by atoms with Crippen molar-refractivity contribution < 1.29 is 9.72 Å². The quantitative estimate of drug-likeness (QED) is 0.262. The standard InChI is InChI=1S/C19H20ClN5O3S2/c1-3-7-24-18(12-8-14(4-2)29-10-12)22-23-19(24)30-11-17(26)21-13-5-6-15(20)16(9-13)25(27)28/h5-6,8-10H,3-4,7,11H2,1-2H3,(H,21,26). The van der Waals surface area contributed by atoms with Crippen LogP contribution in [0.1, 0.15) is 25.1 Å². The van der Waals surface area contributed by atoms with Crippen molar-refractivity contribution in [2.24, 2.45) is 0 Å². The Hall–Kier alpha value is -2.43. The summed E-state index contributed by atoms with van der Waals surface area (Å²) in [6.45, 7) is 4.93. The maximum atomic E-state index is 12.3. The Morgan fingerprint density at radius 3 is 2.80 bits per heavy atom. The number of hydrogen-bond donors (Lipinski definition) is 1. The number of nitro groups is 1. The molecule has 0 aliphatic carbocycles. The summed E-state index contributed by atoms with van der Waals surface area (Å²) in [5.41, 5.74) is 1.09. The molecule has 0 atom stereocenters. The molecule has 158 valence electrons. The van der Waals surface area contributed by atoms with E-state index in [4.69, 9.17) is 11.6 Å². The number of halogens is 1. The van der Waals surface area contributed by atoms with Gasteiger partial charge in [-0.1, -0.05) is 37.2 Å². The zero-order valence-electron chi connectivity index (χ0n) is 16.4. The van der Waals surface area contributed by atoms with E-state index in [1.165, 1.54) is 34.8 Å². The lowest BCUT2D eigenvalue weighted by molar-refractivity contribution is -0.384. The summed E-state index contributed by atoms with van der Waals surface area (Å²) in [5, 5.41) is 25.0. The van der Waals surface area contributed by atoms with E-state index in [0.29, 0.717) is 10.8 Å². The molecule has 0 aliphatic rings. The number of rotatable bonds is 9. The lowest BCUT2D eigenvalue weighted by Gasteiger charge is -2.08. The van der Waals surface area contributed by atoms with Gasteiger partial charge in [-0.3, -0.25) is 14.9 Å². The van der Waals surface area contributed by atoms with Crippen LogP contribution in [-0.2, 0) is 17.8 Å². The van der Waals surface area contributed by atoms with Gasteiger partial charge in [0.25, 0.3) is 5.69 Å². The van der Waals surface area contributed by atoms with Gasteiger partial charge in [-0.15, -0.1) is 21.5 Å². The Morgan fingerprint density at radius 1 is 1.33 bits per heavy atom. The molecular formula is C19H20ClN5O3S2. The summed E-state index contributed by atoms with van der Waals surface area (Å²) in [6.07, 6.45) is 1.88. The lowest BCUT2D eigenvalue weighted by atomic mass is 10.2. The minimum Gasteiger partial charge on any atom is -0.325 e. The molecule has 1 amide bonds. The first-order valence-corrected chi connectivity index (χ1v) is 11.5. The van der Waals surface area contributed by atoms with E-state index in [9.17, 15) is 14.9 Å². The highest BCUT2D eigenvalue weighted by molar-refractivity contribution is 7.99. The fraction of sp³-hybridized carbons (Fsp3) is 0.316. The molecule has 0 saturated carbocycles. The summed E-state index contributed by atoms with van der Waals surface area (Å²) in [7, 11) is 0. The maximum absolute atomic E-state index is 12.3. The van der Waals surface area contributed by atoms with Crippen molar-refractivity contribution in [3.8, 4) is 11.4 Å². The van der Waals surface area contributed by atoms with Crippen molar-refractivity contribution in [1.29, 1.82) is 0 Å². The third-order valence-electron chi connectivity index (χ3n) is 4.18. The maximum Gasteiger partial charge on any atom is 0.289 e. The number of anilines is 1. The van der Waals surface area contributed by atoms with Crippen LogP contribution in [0.25, 0.3) is 11.4 Å². The molecule has 0 fully saturated rings. The van der Waals surface area contributed by atoms with Crippen molar-refractivity contribution in [1.82, 2.24) is 14.8 Å². The number of aryl methyl sites for hydroxylation is 1. The molecule has 8 nitrogen and oxygen atoms in total. The summed E-state index contributed by atoms with van der Waals surface area (Å²) < 4.78 is 2.02. The first kappa shape index (κ1) is 22.3. The number of thioether (sulfide) groups is 1. The second-order valence-electron chi connectivity index (χ2n) is 6.37. The zero-order valence-corrected chi connectivity index (χ0v) is 18.8. The zero-order chi connectivity index (χ0) is 21.7. The van der Waals surface area contributed by atoms with Gasteiger partial charge in [-0.05, 0) is 31.0 Å². The predicted octanol–water partition coefficient (Wildman–Crippen LogP) is 5.27. The van der Waals surface area contributed by atoms with Gasteiger partial charge in [-0.25, -0.2) is 0 Å². The van der Waals surface area contributed by atoms with Crippen molar-refractivity contribution >= 4 is 52.0 Å². The van der Waals surface area contributed by atoms with Gasteiger partial charge in [0.05, 0.1) is 10.7 Å². The Bertz CT molecular complexity index is 1070. The molecule has 2 aromatic heterocycles. The number of aromatic nitrogens is 3. The van der Waals surface area contributed by atoms with E-state index < -0.39 is 4.92 Å². The van der Waals surface area contributed by atoms with Crippen LogP contribution in [0.15, 0.2) is 34.8 Å². The fourth-order valence-corrected chi connectivity index (χ4v) is 4.54. The molecule has 0 saturated heterocycles. The summed E-state index contributed by atoms with van der Waals surface area (Å²) >= 11 is 8.78. The molecule has 1 N–H and O–H groups in total. The molecule has 2 heterocycles. The van der Waals surface area contributed by atoms with Crippen LogP contribution in [0.5, 0.6) is 0 Å². The lowest BCUT2D eigenvalue weighted by Crippen LogP contribution is -2.15. The SMILES string of the molecule is CCCn1c(SCC(=O)Nc2ccc(Cl)c([N+](=O)[O-])c2)nnc1-c1csc(CC)c1. The predicted molar refractivity (Wildman–Crippen MR) is 120 cm³/mol. The largest absolute Gasteiger partial charge is 0.325 e. The highest BCUT2D eigenvalue weighted by atomic mass is 35.5. The van der Waals surface area contributed by atoms with Crippen LogP contribution in [0.3, 0.4) is 0 Å². The molecule has 1 aromatic carbocycles. The second-order valence-corrected chi connectivity index (χ2v) is 8.72. The Morgan fingerprint density at radius 2 is 2.13 bits per heavy atom. The number of amides is 1. The van der Waals surface area contributed by atoms with Gasteiger partial charge >= 0.3 is 0 Å². The van der Waals surface area contributed by atoms with Crippen molar-refractivity contribution in [2.45, 2.75) is 38.4 Å². The number of carbonyl (C=O) groups excluding carboxylic acids is 1. The monoisotopic (exact) mass is 465 g/mol. The van der Waals surface area contributed by atoms with Crippen LogP contribution in [0.4, 0.5) is 11.4 Å². The molecular weight excluding hydrogens is 446 g/mol. The van der Waals surface area contributed by atoms with Gasteiger partial charge < -0.3 is 9.88 Å². The molecule has 0 aliphatic heterocycles. The van der Waals surface area contributed by atoms with E-state index in [0.717, 1.165) is 30.8 Å². The Labute approximate surface area is 186 Å². The number of nitrogens with zero attached hydrogens (tertiary/aromatic N) is 4. The first-order valence-electron chi connectivity index (χ1n) is 9.30. The number of carbonyl (C=O) groups is 1. The van der Waals surface area contributed by atoms with Crippen molar-refractivity contribution in [3.05, 3.63) is 49.7 Å². The van der Waals surface area contributed by atoms with E-state index >= 15 is 0 Å². The van der Waals surface area contributed by atoms with Crippen molar-refractivity contribution in [3.63, 3.8) is 0 Å². The van der Waals surface area contributed by atoms with Crippen LogP contribution in [0, 0.1) is 10.1 Å². The number of nitrogens with one attached hydrogen (secondary N) is 1. The Balaban J connectivity index is 1.70. The van der Waals surface area contributed by atoms with Gasteiger partial charge in [-0.2, -0.15) is 0 Å². The van der Waals surface area contributed by atoms with Gasteiger partial charge in [0.1, 0.15) is 5.02 Å². The minimum atomic E-state index is -0.587. The van der Waals surface area contributed by atoms with E-state index in [1.54, 1.807) is 11.3 Å². The van der Waals surface area contributed by atoms with Crippen molar-refractivity contribution in [2.75, 3.05) is 11.1 Å². The van der Waals surface area contributed by atoms with Gasteiger partial charge in [0, 0.05) is 34.1 Å². The fourth-order valence-electron chi connectivity index (χ4n) is 2.78. The highest BCUT2D eigenvalue weighted by Gasteiger charge is 2.17. The van der Waals surface area contributed by atoms with Crippen LogP contribution >= 0.6 is 34.7 Å². The normalized spacial score (nSPS) is 10.9. The Kier molecular flexibility index (Phi) is 7.46. The summed E-state index contributed by atoms with van der Waals surface area (Å²) in [6, 6.07) is 6.27. The van der Waals surface area contributed by atoms with Gasteiger partial charge in [0.15, 0.2) is 11.0 Å². The summed E-state index contributed by atoms with van der Waals surface area (Å²) in [4.78, 5) is 24.0. The van der Waals surface area contributed by atoms with Crippen LogP contribution in [0.2, 0.25) is 5.02 Å². The molecule has 0 spiro atoms. The molecule has 0 radical (unpaired) electrons. The van der Waals surface area contributed by atoms with E-state index in [-0.39, 0.29) is 22.4 Å². The van der Waals surface area contributed by atoms with Gasteiger partial charge in [0.2, 0.25) is 5.91 Å². The third kappa shape index (κ3) is 5.18. The molecule has 30 heavy (non-hydrogen) atoms. The van der Waals surface area contributed by atoms with E-state index in [1.807, 2.05) is 4.57 Å². The molecule has 3 aromatic rings. The second kappa shape index (κ2) is 10.1. The average molecular weight is 466 g/mol. The number of thiophene rings is 1. The molecule has 11 heteroatoms. The third-order valence-corrected chi connectivity index (χ3v) is 6.55. The molecule has 0 bridgehead atoms. The topological polar surface area (TPSA) is 103 Å². The van der Waals surface area contributed by atoms with Crippen LogP contribution in [-0.4, -0.2) is 31.3 Å². The molecule has 0 unspecified atom stereocenters. The van der Waals surface area contributed by atoms with E-state index in [2.05, 4.69) is 40.8 Å². The number of benzene rings is 1. The average Bonchev–Trinajstić information content (AvgIpc) is 3.34. The highest BCUT2D eigenvalue weighted by Crippen LogP contribution is 2.29. The molecule has 3 rings (SSSR count). The van der Waals surface area contributed by atoms with Crippen LogP contribution < -0.4 is 5.32 Å². The number of hydrogen-bond acceptors (Lipinski definition) is 7. The summed E-state index contributed by atoms with van der Waals surface area (Å²) in [5.74, 6) is 0.597. The smallest absolute Gasteiger partial charge is 0.289 e. The minimum absolute atomic E-state index is 0.0206. The number of nitro benzene ring substituents is 1. The first-order chi connectivity index (χ1) is 14.4.